The van der Waals surface area contributed by atoms with Gasteiger partial charge in [0.25, 0.3) is 0 Å². The number of piperidine rings is 1. The molecule has 1 heterocycles. The van der Waals surface area contributed by atoms with E-state index in [0.717, 1.165) is 0 Å². The SMILES string of the molecule is COC(=O)N1CC(NCC(F)(F)F)CC(C(C)C)C1. The number of hydrogen-bond acceptors (Lipinski definition) is 3. The Morgan fingerprint density at radius 1 is 1.42 bits per heavy atom. The van der Waals surface area contributed by atoms with Crippen LogP contribution in [0.3, 0.4) is 0 Å². The summed E-state index contributed by atoms with van der Waals surface area (Å²) in [5.41, 5.74) is 0. The van der Waals surface area contributed by atoms with Crippen molar-refractivity contribution in [3.05, 3.63) is 0 Å². The van der Waals surface area contributed by atoms with Crippen LogP contribution in [0.5, 0.6) is 0 Å². The van der Waals surface area contributed by atoms with E-state index in [-0.39, 0.29) is 18.5 Å². The Morgan fingerprint density at radius 3 is 2.53 bits per heavy atom. The van der Waals surface area contributed by atoms with E-state index in [4.69, 9.17) is 0 Å². The number of carbonyl (C=O) groups excluding carboxylic acids is 1. The van der Waals surface area contributed by atoms with Crippen molar-refractivity contribution in [1.82, 2.24) is 10.2 Å². The van der Waals surface area contributed by atoms with E-state index in [1.807, 2.05) is 13.8 Å². The number of ether oxygens (including phenoxy) is 1. The highest BCUT2D eigenvalue weighted by Crippen LogP contribution is 2.25. The molecule has 0 aliphatic carbocycles. The fraction of sp³-hybridized carbons (Fsp3) is 0.917. The highest BCUT2D eigenvalue weighted by molar-refractivity contribution is 5.67. The van der Waals surface area contributed by atoms with Crippen LogP contribution in [0.1, 0.15) is 20.3 Å². The molecule has 2 atom stereocenters. The molecule has 7 heteroatoms. The molecule has 19 heavy (non-hydrogen) atoms. The van der Waals surface area contributed by atoms with Gasteiger partial charge in [-0.1, -0.05) is 13.8 Å². The first-order valence-electron chi connectivity index (χ1n) is 6.36. The maximum atomic E-state index is 12.2. The monoisotopic (exact) mass is 282 g/mol. The number of halogens is 3. The lowest BCUT2D eigenvalue weighted by Crippen LogP contribution is -2.53. The van der Waals surface area contributed by atoms with Crippen LogP contribution >= 0.6 is 0 Å². The Bertz CT molecular complexity index is 308. The molecular weight excluding hydrogens is 261 g/mol. The van der Waals surface area contributed by atoms with Crippen molar-refractivity contribution in [1.29, 1.82) is 0 Å². The van der Waals surface area contributed by atoms with Gasteiger partial charge in [-0.3, -0.25) is 0 Å². The minimum Gasteiger partial charge on any atom is -0.453 e. The third kappa shape index (κ3) is 5.26. The van der Waals surface area contributed by atoms with Crippen LogP contribution in [0.4, 0.5) is 18.0 Å². The zero-order chi connectivity index (χ0) is 14.6. The van der Waals surface area contributed by atoms with Crippen LogP contribution < -0.4 is 5.32 Å². The van der Waals surface area contributed by atoms with Gasteiger partial charge < -0.3 is 15.0 Å². The molecule has 0 bridgehead atoms. The van der Waals surface area contributed by atoms with Crippen molar-refractivity contribution in [3.63, 3.8) is 0 Å². The fourth-order valence-electron chi connectivity index (χ4n) is 2.31. The predicted octanol–water partition coefficient (Wildman–Crippen LogP) is 2.25. The summed E-state index contributed by atoms with van der Waals surface area (Å²) in [7, 11) is 1.28. The van der Waals surface area contributed by atoms with Crippen molar-refractivity contribution in [2.75, 3.05) is 26.7 Å². The van der Waals surface area contributed by atoms with Crippen LogP contribution in [-0.4, -0.2) is 50.0 Å². The van der Waals surface area contributed by atoms with E-state index >= 15 is 0 Å². The lowest BCUT2D eigenvalue weighted by atomic mass is 9.85. The van der Waals surface area contributed by atoms with Gasteiger partial charge in [-0.05, 0) is 18.3 Å². The topological polar surface area (TPSA) is 41.6 Å². The van der Waals surface area contributed by atoms with E-state index in [1.165, 1.54) is 12.0 Å². The van der Waals surface area contributed by atoms with Crippen molar-refractivity contribution >= 4 is 6.09 Å². The van der Waals surface area contributed by atoms with Gasteiger partial charge in [0.1, 0.15) is 0 Å². The second-order valence-corrected chi connectivity index (χ2v) is 5.31. The van der Waals surface area contributed by atoms with E-state index in [1.54, 1.807) is 0 Å². The van der Waals surface area contributed by atoms with E-state index in [2.05, 4.69) is 10.1 Å². The summed E-state index contributed by atoms with van der Waals surface area (Å²) in [6.45, 7) is 3.77. The average molecular weight is 282 g/mol. The zero-order valence-electron chi connectivity index (χ0n) is 11.5. The lowest BCUT2D eigenvalue weighted by Gasteiger charge is -2.39. The smallest absolute Gasteiger partial charge is 0.409 e. The molecule has 112 valence electrons. The largest absolute Gasteiger partial charge is 0.453 e. The third-order valence-corrected chi connectivity index (χ3v) is 3.45. The molecule has 1 rings (SSSR count). The fourth-order valence-corrected chi connectivity index (χ4v) is 2.31. The number of nitrogens with zero attached hydrogens (tertiary/aromatic N) is 1. The minimum atomic E-state index is -4.24. The maximum absolute atomic E-state index is 12.2. The first kappa shape index (κ1) is 16.1. The lowest BCUT2D eigenvalue weighted by molar-refractivity contribution is -0.127. The molecule has 0 aromatic heterocycles. The number of alkyl halides is 3. The molecule has 1 fully saturated rings. The van der Waals surface area contributed by atoms with Crippen molar-refractivity contribution < 1.29 is 22.7 Å². The van der Waals surface area contributed by atoms with Gasteiger partial charge in [-0.25, -0.2) is 4.79 Å². The summed E-state index contributed by atoms with van der Waals surface area (Å²) in [4.78, 5) is 13.0. The summed E-state index contributed by atoms with van der Waals surface area (Å²) in [5.74, 6) is 0.487. The van der Waals surface area contributed by atoms with Gasteiger partial charge >= 0.3 is 12.3 Å². The van der Waals surface area contributed by atoms with Gasteiger partial charge in [0.15, 0.2) is 0 Å². The first-order valence-corrected chi connectivity index (χ1v) is 6.36. The molecule has 1 N–H and O–H groups in total. The molecule has 1 aliphatic rings. The number of hydrogen-bond donors (Lipinski definition) is 1. The Morgan fingerprint density at radius 2 is 2.05 bits per heavy atom. The molecule has 1 saturated heterocycles. The maximum Gasteiger partial charge on any atom is 0.409 e. The molecule has 0 radical (unpaired) electrons. The molecule has 1 amide bonds. The number of carbonyl (C=O) groups is 1. The zero-order valence-corrected chi connectivity index (χ0v) is 11.5. The average Bonchev–Trinajstić information content (AvgIpc) is 2.34. The highest BCUT2D eigenvalue weighted by atomic mass is 19.4. The minimum absolute atomic E-state index is 0.179. The number of rotatable bonds is 3. The summed E-state index contributed by atoms with van der Waals surface area (Å²) in [6.07, 6.45) is -4.08. The van der Waals surface area contributed by atoms with Gasteiger partial charge in [0.05, 0.1) is 13.7 Å². The number of amides is 1. The predicted molar refractivity (Wildman–Crippen MR) is 64.8 cm³/mol. The second-order valence-electron chi connectivity index (χ2n) is 5.31. The highest BCUT2D eigenvalue weighted by Gasteiger charge is 2.34. The van der Waals surface area contributed by atoms with Crippen molar-refractivity contribution in [3.8, 4) is 0 Å². The summed E-state index contributed by atoms with van der Waals surface area (Å²) < 4.78 is 41.3. The summed E-state index contributed by atoms with van der Waals surface area (Å²) in [5, 5.41) is 2.48. The Labute approximate surface area is 111 Å². The number of likely N-dealkylation sites (tertiary alicyclic amines) is 1. The molecular formula is C12H21F3N2O2. The molecule has 0 spiro atoms. The van der Waals surface area contributed by atoms with E-state index in [0.29, 0.717) is 18.9 Å². The molecule has 1 aliphatic heterocycles. The normalized spacial score (nSPS) is 24.7. The van der Waals surface area contributed by atoms with Crippen LogP contribution in [0.25, 0.3) is 0 Å². The molecule has 0 aromatic carbocycles. The van der Waals surface area contributed by atoms with Gasteiger partial charge in [0, 0.05) is 19.1 Å². The van der Waals surface area contributed by atoms with Gasteiger partial charge in [0.2, 0.25) is 0 Å². The van der Waals surface area contributed by atoms with E-state index in [9.17, 15) is 18.0 Å². The quantitative estimate of drug-likeness (QED) is 0.863. The second kappa shape index (κ2) is 6.45. The number of nitrogens with one attached hydrogen (secondary N) is 1. The number of methoxy groups -OCH3 is 1. The van der Waals surface area contributed by atoms with Gasteiger partial charge in [-0.15, -0.1) is 0 Å². The summed E-state index contributed by atoms with van der Waals surface area (Å²) >= 11 is 0. The molecule has 0 aromatic rings. The molecule has 0 saturated carbocycles. The van der Waals surface area contributed by atoms with Crippen molar-refractivity contribution in [2.45, 2.75) is 32.5 Å². The van der Waals surface area contributed by atoms with Crippen LogP contribution in [0.2, 0.25) is 0 Å². The Balaban J connectivity index is 2.62. The molecule has 2 unspecified atom stereocenters. The van der Waals surface area contributed by atoms with Crippen LogP contribution in [0, 0.1) is 11.8 Å². The Hall–Kier alpha value is -0.980. The van der Waals surface area contributed by atoms with Gasteiger partial charge in [-0.2, -0.15) is 13.2 Å². The molecule has 4 nitrogen and oxygen atoms in total. The summed E-state index contributed by atoms with van der Waals surface area (Å²) in [6, 6.07) is -0.345. The Kier molecular flexibility index (Phi) is 5.46. The van der Waals surface area contributed by atoms with Crippen LogP contribution in [0.15, 0.2) is 0 Å². The standard InChI is InChI=1S/C12H21F3N2O2/c1-8(2)9-4-10(16-7-12(13,14)15)6-17(5-9)11(18)19-3/h8-10,16H,4-7H2,1-3H3. The third-order valence-electron chi connectivity index (χ3n) is 3.45. The van der Waals surface area contributed by atoms with E-state index < -0.39 is 18.8 Å². The van der Waals surface area contributed by atoms with Crippen molar-refractivity contribution in [2.24, 2.45) is 11.8 Å². The first-order chi connectivity index (χ1) is 8.73. The van der Waals surface area contributed by atoms with Crippen LogP contribution in [-0.2, 0) is 4.74 Å².